The Morgan fingerprint density at radius 1 is 1.10 bits per heavy atom. The van der Waals surface area contributed by atoms with Gasteiger partial charge in [-0.25, -0.2) is 0 Å². The summed E-state index contributed by atoms with van der Waals surface area (Å²) in [5.41, 5.74) is 0. The molecule has 0 N–H and O–H groups in total. The Labute approximate surface area is 129 Å². The van der Waals surface area contributed by atoms with Crippen molar-refractivity contribution in [2.75, 3.05) is 6.61 Å². The molecule has 1 atom stereocenters. The highest BCUT2D eigenvalue weighted by Gasteiger charge is 2.38. The van der Waals surface area contributed by atoms with Gasteiger partial charge in [-0.2, -0.15) is 4.73 Å². The van der Waals surface area contributed by atoms with Crippen LogP contribution in [0, 0.1) is 0 Å². The Morgan fingerprint density at radius 3 is 2.10 bits per heavy atom. The average Bonchev–Trinajstić information content (AvgIpc) is 2.77. The smallest absolute Gasteiger partial charge is 0.192 e. The zero-order valence-electron chi connectivity index (χ0n) is 14.0. The third-order valence-electron chi connectivity index (χ3n) is 4.29. The highest BCUT2D eigenvalue weighted by atomic mass is 28.4. The van der Waals surface area contributed by atoms with Crippen molar-refractivity contribution in [2.45, 2.75) is 51.9 Å². The van der Waals surface area contributed by atoms with Gasteiger partial charge in [0.15, 0.2) is 8.32 Å². The van der Waals surface area contributed by atoms with Gasteiger partial charge in [0.1, 0.15) is 6.61 Å². The maximum atomic E-state index is 6.30. The van der Waals surface area contributed by atoms with Gasteiger partial charge in [0, 0.05) is 10.8 Å². The molecule has 3 nitrogen and oxygen atoms in total. The van der Waals surface area contributed by atoms with Crippen LogP contribution >= 0.6 is 0 Å². The van der Waals surface area contributed by atoms with E-state index in [0.717, 1.165) is 0 Å². The van der Waals surface area contributed by atoms with E-state index in [1.54, 1.807) is 4.73 Å². The monoisotopic (exact) mass is 305 g/mol. The van der Waals surface area contributed by atoms with Gasteiger partial charge in [-0.3, -0.25) is 0 Å². The molecule has 0 aliphatic carbocycles. The van der Waals surface area contributed by atoms with Crippen LogP contribution in [0.1, 0.15) is 27.7 Å². The summed E-state index contributed by atoms with van der Waals surface area (Å²) in [7, 11) is -1.73. The van der Waals surface area contributed by atoms with Gasteiger partial charge >= 0.3 is 0 Å². The zero-order chi connectivity index (χ0) is 15.7. The van der Waals surface area contributed by atoms with Crippen molar-refractivity contribution in [3.8, 4) is 0 Å². The van der Waals surface area contributed by atoms with E-state index in [-0.39, 0.29) is 11.1 Å². The fraction of sp³-hybridized carbons (Fsp3) is 0.529. The highest BCUT2D eigenvalue weighted by molar-refractivity contribution is 6.74. The van der Waals surface area contributed by atoms with E-state index in [1.807, 2.05) is 24.5 Å². The zero-order valence-corrected chi connectivity index (χ0v) is 15.0. The minimum atomic E-state index is -1.73. The third-order valence-corrected chi connectivity index (χ3v) is 8.89. The molecule has 0 fully saturated rings. The largest absolute Gasteiger partial charge is 0.412 e. The minimum Gasteiger partial charge on any atom is -0.412 e. The summed E-state index contributed by atoms with van der Waals surface area (Å²) in [5, 5.41) is 2.61. The molecule has 0 aliphatic rings. The number of hydrogen-bond donors (Lipinski definition) is 0. The van der Waals surface area contributed by atoms with Crippen molar-refractivity contribution in [1.82, 2.24) is 4.73 Å². The standard InChI is InChI=1S/C17H27NO2Si/c1-14(20-21(5,6)17(2,3)4)13-19-18-11-15-9-7-8-10-16(15)12-18/h7-12,14H,13H2,1-6H3/t14-/m1/s1. The molecule has 0 spiro atoms. The molecule has 116 valence electrons. The van der Waals surface area contributed by atoms with Crippen LogP contribution in [0.5, 0.6) is 0 Å². The van der Waals surface area contributed by atoms with E-state index < -0.39 is 8.32 Å². The number of rotatable bonds is 5. The van der Waals surface area contributed by atoms with E-state index in [4.69, 9.17) is 9.26 Å². The molecule has 21 heavy (non-hydrogen) atoms. The lowest BCUT2D eigenvalue weighted by Gasteiger charge is -2.38. The first-order chi connectivity index (χ1) is 9.69. The number of nitrogens with zero attached hydrogens (tertiary/aromatic N) is 1. The van der Waals surface area contributed by atoms with E-state index in [0.29, 0.717) is 6.61 Å². The maximum absolute atomic E-state index is 6.30. The molecule has 0 saturated heterocycles. The lowest BCUT2D eigenvalue weighted by Crippen LogP contribution is -2.44. The SMILES string of the molecule is C[C@H](COn1cc2ccccc2c1)O[Si](C)(C)C(C)(C)C. The average molecular weight is 305 g/mol. The number of fused-ring (bicyclic) bond motifs is 1. The van der Waals surface area contributed by atoms with Gasteiger partial charge in [0.2, 0.25) is 0 Å². The molecule has 0 unspecified atom stereocenters. The Balaban J connectivity index is 1.93. The Bertz CT molecular complexity index is 565. The van der Waals surface area contributed by atoms with Crippen molar-refractivity contribution in [1.29, 1.82) is 0 Å². The van der Waals surface area contributed by atoms with Crippen LogP contribution in [0.4, 0.5) is 0 Å². The van der Waals surface area contributed by atoms with E-state index >= 15 is 0 Å². The molecule has 2 aromatic rings. The van der Waals surface area contributed by atoms with E-state index in [9.17, 15) is 0 Å². The normalized spacial score (nSPS) is 14.4. The van der Waals surface area contributed by atoms with Crippen LogP contribution < -0.4 is 4.84 Å². The molecule has 1 aromatic heterocycles. The fourth-order valence-electron chi connectivity index (χ4n) is 2.04. The summed E-state index contributed by atoms with van der Waals surface area (Å²) in [6.45, 7) is 14.0. The molecule has 2 rings (SSSR count). The second kappa shape index (κ2) is 5.85. The predicted octanol–water partition coefficient (Wildman–Crippen LogP) is 4.48. The molecular weight excluding hydrogens is 278 g/mol. The molecule has 0 amide bonds. The minimum absolute atomic E-state index is 0.0939. The van der Waals surface area contributed by atoms with Crippen molar-refractivity contribution in [2.24, 2.45) is 0 Å². The Kier molecular flexibility index (Phi) is 4.49. The molecule has 4 heteroatoms. The number of benzene rings is 1. The van der Waals surface area contributed by atoms with Gasteiger partial charge in [0.25, 0.3) is 0 Å². The van der Waals surface area contributed by atoms with Gasteiger partial charge in [-0.15, -0.1) is 0 Å². The van der Waals surface area contributed by atoms with Gasteiger partial charge in [0.05, 0.1) is 18.5 Å². The van der Waals surface area contributed by atoms with Crippen LogP contribution in [-0.2, 0) is 4.43 Å². The van der Waals surface area contributed by atoms with Crippen molar-refractivity contribution < 1.29 is 9.26 Å². The molecular formula is C17H27NO2Si. The van der Waals surface area contributed by atoms with E-state index in [2.05, 4.69) is 52.9 Å². The van der Waals surface area contributed by atoms with Crippen molar-refractivity contribution >= 4 is 19.1 Å². The molecule has 1 heterocycles. The van der Waals surface area contributed by atoms with Crippen LogP contribution in [0.3, 0.4) is 0 Å². The second-order valence-corrected chi connectivity index (χ2v) is 12.0. The van der Waals surface area contributed by atoms with Gasteiger partial charge < -0.3 is 9.26 Å². The van der Waals surface area contributed by atoms with Gasteiger partial charge in [-0.1, -0.05) is 45.0 Å². The fourth-order valence-corrected chi connectivity index (χ4v) is 3.46. The number of hydrogen-bond acceptors (Lipinski definition) is 2. The summed E-state index contributed by atoms with van der Waals surface area (Å²) in [6.07, 6.45) is 4.11. The summed E-state index contributed by atoms with van der Waals surface area (Å²) in [5.74, 6) is 0. The van der Waals surface area contributed by atoms with Gasteiger partial charge in [-0.05, 0) is 25.1 Å². The topological polar surface area (TPSA) is 23.4 Å². The van der Waals surface area contributed by atoms with Crippen LogP contribution in [-0.4, -0.2) is 25.8 Å². The molecule has 0 saturated carbocycles. The lowest BCUT2D eigenvalue weighted by molar-refractivity contribution is 0.0409. The summed E-state index contributed by atoms with van der Waals surface area (Å²) in [6, 6.07) is 8.25. The molecule has 0 radical (unpaired) electrons. The Morgan fingerprint density at radius 2 is 1.62 bits per heavy atom. The first kappa shape index (κ1) is 16.1. The third kappa shape index (κ3) is 3.89. The quantitative estimate of drug-likeness (QED) is 0.760. The van der Waals surface area contributed by atoms with Crippen molar-refractivity contribution in [3.05, 3.63) is 36.7 Å². The van der Waals surface area contributed by atoms with Crippen LogP contribution in [0.15, 0.2) is 36.7 Å². The Hall–Kier alpha value is -1.26. The highest BCUT2D eigenvalue weighted by Crippen LogP contribution is 2.37. The summed E-state index contributed by atoms with van der Waals surface area (Å²) >= 11 is 0. The van der Waals surface area contributed by atoms with Crippen LogP contribution in [0.25, 0.3) is 10.8 Å². The lowest BCUT2D eigenvalue weighted by atomic mass is 10.2. The molecule has 1 aromatic carbocycles. The summed E-state index contributed by atoms with van der Waals surface area (Å²) < 4.78 is 8.09. The summed E-state index contributed by atoms with van der Waals surface area (Å²) in [4.78, 5) is 5.83. The van der Waals surface area contributed by atoms with Crippen LogP contribution in [0.2, 0.25) is 18.1 Å². The predicted molar refractivity (Wildman–Crippen MR) is 91.1 cm³/mol. The second-order valence-electron chi connectivity index (χ2n) is 7.23. The number of aromatic nitrogens is 1. The first-order valence-electron chi connectivity index (χ1n) is 7.57. The first-order valence-corrected chi connectivity index (χ1v) is 10.5. The van der Waals surface area contributed by atoms with Crippen molar-refractivity contribution in [3.63, 3.8) is 0 Å². The molecule has 0 bridgehead atoms. The molecule has 0 aliphatic heterocycles. The van der Waals surface area contributed by atoms with E-state index in [1.165, 1.54) is 10.8 Å². The maximum Gasteiger partial charge on any atom is 0.192 e.